The summed E-state index contributed by atoms with van der Waals surface area (Å²) < 4.78 is 5.66. The van der Waals surface area contributed by atoms with Crippen LogP contribution in [0.3, 0.4) is 0 Å². The Morgan fingerprint density at radius 1 is 1.05 bits per heavy atom. The van der Waals surface area contributed by atoms with Crippen LogP contribution in [-0.4, -0.2) is 10.5 Å². The van der Waals surface area contributed by atoms with E-state index in [4.69, 9.17) is 16.3 Å². The quantitative estimate of drug-likeness (QED) is 0.899. The van der Waals surface area contributed by atoms with E-state index in [0.29, 0.717) is 12.5 Å². The molecule has 1 heterocycles. The van der Waals surface area contributed by atoms with Crippen molar-refractivity contribution in [2.45, 2.75) is 39.5 Å². The number of hydrogen-bond donors (Lipinski definition) is 1. The van der Waals surface area contributed by atoms with Gasteiger partial charge in [0.15, 0.2) is 0 Å². The van der Waals surface area contributed by atoms with Gasteiger partial charge in [0.2, 0.25) is 5.88 Å². The van der Waals surface area contributed by atoms with Crippen molar-refractivity contribution in [3.05, 3.63) is 58.7 Å². The van der Waals surface area contributed by atoms with Gasteiger partial charge in [-0.05, 0) is 44.0 Å². The molecular formula is C17H21ClN2O. The van der Waals surface area contributed by atoms with E-state index >= 15 is 0 Å². The first-order valence-electron chi connectivity index (χ1n) is 6.99. The maximum atomic E-state index is 5.85. The van der Waals surface area contributed by atoms with E-state index in [1.165, 1.54) is 0 Å². The molecule has 0 spiro atoms. The lowest BCUT2D eigenvalue weighted by Gasteiger charge is -2.20. The second kappa shape index (κ2) is 6.92. The SMILES string of the molecule is CC(C)(C)NCc1ccc(OCc2ccc(Cl)cc2)nc1. The zero-order valence-electron chi connectivity index (χ0n) is 12.7. The predicted octanol–water partition coefficient (Wildman–Crippen LogP) is 4.20. The number of hydrogen-bond acceptors (Lipinski definition) is 3. The number of rotatable bonds is 5. The minimum atomic E-state index is 0.101. The van der Waals surface area contributed by atoms with E-state index in [1.54, 1.807) is 0 Å². The van der Waals surface area contributed by atoms with Gasteiger partial charge in [0.25, 0.3) is 0 Å². The van der Waals surface area contributed by atoms with Crippen molar-refractivity contribution in [2.24, 2.45) is 0 Å². The van der Waals surface area contributed by atoms with Gasteiger partial charge in [-0.1, -0.05) is 29.8 Å². The highest BCUT2D eigenvalue weighted by atomic mass is 35.5. The molecule has 0 bridgehead atoms. The third-order valence-electron chi connectivity index (χ3n) is 2.92. The molecule has 2 rings (SSSR count). The lowest BCUT2D eigenvalue weighted by molar-refractivity contribution is 0.293. The number of nitrogens with one attached hydrogen (secondary N) is 1. The van der Waals surface area contributed by atoms with Gasteiger partial charge >= 0.3 is 0 Å². The summed E-state index contributed by atoms with van der Waals surface area (Å²) in [6.45, 7) is 7.72. The largest absolute Gasteiger partial charge is 0.473 e. The van der Waals surface area contributed by atoms with E-state index in [0.717, 1.165) is 22.7 Å². The van der Waals surface area contributed by atoms with Gasteiger partial charge in [-0.15, -0.1) is 0 Å². The van der Waals surface area contributed by atoms with Crippen molar-refractivity contribution in [1.29, 1.82) is 0 Å². The van der Waals surface area contributed by atoms with Crippen LogP contribution in [0.5, 0.6) is 5.88 Å². The lowest BCUT2D eigenvalue weighted by atomic mass is 10.1. The van der Waals surface area contributed by atoms with Gasteiger partial charge in [0.05, 0.1) is 0 Å². The number of benzene rings is 1. The Balaban J connectivity index is 1.86. The third-order valence-corrected chi connectivity index (χ3v) is 3.17. The molecule has 0 aliphatic heterocycles. The summed E-state index contributed by atoms with van der Waals surface area (Å²) in [5, 5.41) is 4.16. The first kappa shape index (κ1) is 15.8. The van der Waals surface area contributed by atoms with E-state index < -0.39 is 0 Å². The Bertz CT molecular complexity index is 559. The molecule has 0 unspecified atom stereocenters. The molecule has 0 atom stereocenters. The van der Waals surface area contributed by atoms with Crippen molar-refractivity contribution in [3.63, 3.8) is 0 Å². The van der Waals surface area contributed by atoms with Crippen molar-refractivity contribution < 1.29 is 4.74 Å². The monoisotopic (exact) mass is 304 g/mol. The Hall–Kier alpha value is -1.58. The summed E-state index contributed by atoms with van der Waals surface area (Å²) in [7, 11) is 0. The van der Waals surface area contributed by atoms with Crippen LogP contribution < -0.4 is 10.1 Å². The molecular weight excluding hydrogens is 284 g/mol. The zero-order valence-corrected chi connectivity index (χ0v) is 13.4. The molecule has 2 aromatic rings. The fourth-order valence-electron chi connectivity index (χ4n) is 1.71. The molecule has 0 saturated heterocycles. The van der Waals surface area contributed by atoms with Gasteiger partial charge in [-0.25, -0.2) is 4.98 Å². The molecule has 3 nitrogen and oxygen atoms in total. The maximum absolute atomic E-state index is 5.85. The second-order valence-corrected chi connectivity index (χ2v) is 6.46. The molecule has 1 aromatic heterocycles. The molecule has 1 aromatic carbocycles. The highest BCUT2D eigenvalue weighted by Crippen LogP contribution is 2.13. The topological polar surface area (TPSA) is 34.1 Å². The van der Waals surface area contributed by atoms with Crippen LogP contribution in [0, 0.1) is 0 Å². The average Bonchev–Trinajstić information content (AvgIpc) is 2.45. The van der Waals surface area contributed by atoms with Gasteiger partial charge in [-0.2, -0.15) is 0 Å². The summed E-state index contributed by atoms with van der Waals surface area (Å²) in [6.07, 6.45) is 1.84. The van der Waals surface area contributed by atoms with Crippen LogP contribution in [0.1, 0.15) is 31.9 Å². The molecule has 0 aliphatic rings. The van der Waals surface area contributed by atoms with Crippen LogP contribution in [0.25, 0.3) is 0 Å². The number of halogens is 1. The van der Waals surface area contributed by atoms with Crippen LogP contribution >= 0.6 is 11.6 Å². The van der Waals surface area contributed by atoms with Gasteiger partial charge in [-0.3, -0.25) is 0 Å². The number of nitrogens with zero attached hydrogens (tertiary/aromatic N) is 1. The Morgan fingerprint density at radius 2 is 1.71 bits per heavy atom. The van der Waals surface area contributed by atoms with Gasteiger partial charge < -0.3 is 10.1 Å². The van der Waals surface area contributed by atoms with Crippen molar-refractivity contribution in [3.8, 4) is 5.88 Å². The molecule has 112 valence electrons. The third kappa shape index (κ3) is 5.74. The predicted molar refractivity (Wildman–Crippen MR) is 86.6 cm³/mol. The van der Waals surface area contributed by atoms with Gasteiger partial charge in [0, 0.05) is 29.4 Å². The molecule has 21 heavy (non-hydrogen) atoms. The van der Waals surface area contributed by atoms with E-state index in [2.05, 4.69) is 31.1 Å². The van der Waals surface area contributed by atoms with Crippen molar-refractivity contribution >= 4 is 11.6 Å². The normalized spacial score (nSPS) is 11.4. The van der Waals surface area contributed by atoms with Gasteiger partial charge in [0.1, 0.15) is 6.61 Å². The first-order valence-corrected chi connectivity index (χ1v) is 7.37. The highest BCUT2D eigenvalue weighted by Gasteiger charge is 2.08. The average molecular weight is 305 g/mol. The van der Waals surface area contributed by atoms with E-state index in [1.807, 2.05) is 42.6 Å². The van der Waals surface area contributed by atoms with Crippen LogP contribution in [0.4, 0.5) is 0 Å². The number of pyridine rings is 1. The zero-order chi connectivity index (χ0) is 15.3. The van der Waals surface area contributed by atoms with Crippen LogP contribution in [0.15, 0.2) is 42.6 Å². The molecule has 0 saturated carbocycles. The fourth-order valence-corrected chi connectivity index (χ4v) is 1.83. The fraction of sp³-hybridized carbons (Fsp3) is 0.353. The smallest absolute Gasteiger partial charge is 0.213 e. The standard InChI is InChI=1S/C17H21ClN2O/c1-17(2,3)20-11-14-6-9-16(19-10-14)21-12-13-4-7-15(18)8-5-13/h4-10,20H,11-12H2,1-3H3. The summed E-state index contributed by atoms with van der Waals surface area (Å²) in [5.41, 5.74) is 2.31. The highest BCUT2D eigenvalue weighted by molar-refractivity contribution is 6.30. The minimum absolute atomic E-state index is 0.101. The summed E-state index contributed by atoms with van der Waals surface area (Å²) >= 11 is 5.85. The first-order chi connectivity index (χ1) is 9.92. The molecule has 0 fully saturated rings. The maximum Gasteiger partial charge on any atom is 0.213 e. The number of aromatic nitrogens is 1. The lowest BCUT2D eigenvalue weighted by Crippen LogP contribution is -2.35. The van der Waals surface area contributed by atoms with Crippen molar-refractivity contribution in [2.75, 3.05) is 0 Å². The Morgan fingerprint density at radius 3 is 2.29 bits per heavy atom. The van der Waals surface area contributed by atoms with E-state index in [9.17, 15) is 0 Å². The van der Waals surface area contributed by atoms with Crippen LogP contribution in [-0.2, 0) is 13.2 Å². The Labute approximate surface area is 131 Å². The molecule has 0 radical (unpaired) electrons. The Kier molecular flexibility index (Phi) is 5.21. The second-order valence-electron chi connectivity index (χ2n) is 6.02. The summed E-state index contributed by atoms with van der Waals surface area (Å²) in [5.74, 6) is 0.629. The molecule has 0 aliphatic carbocycles. The van der Waals surface area contributed by atoms with E-state index in [-0.39, 0.29) is 5.54 Å². The van der Waals surface area contributed by atoms with Crippen molar-refractivity contribution in [1.82, 2.24) is 10.3 Å². The molecule has 1 N–H and O–H groups in total. The number of ether oxygens (including phenoxy) is 1. The summed E-state index contributed by atoms with van der Waals surface area (Å²) in [6, 6.07) is 11.5. The minimum Gasteiger partial charge on any atom is -0.473 e. The van der Waals surface area contributed by atoms with Crippen LogP contribution in [0.2, 0.25) is 5.02 Å². The molecule has 4 heteroatoms. The summed E-state index contributed by atoms with van der Waals surface area (Å²) in [4.78, 5) is 4.32. The molecule has 0 amide bonds.